The van der Waals surface area contributed by atoms with Crippen molar-refractivity contribution < 1.29 is 4.74 Å². The molecular formula is C16H21N3O. The Morgan fingerprint density at radius 1 is 1.30 bits per heavy atom. The predicted octanol–water partition coefficient (Wildman–Crippen LogP) is 2.03. The van der Waals surface area contributed by atoms with E-state index in [1.807, 2.05) is 18.2 Å². The van der Waals surface area contributed by atoms with Crippen molar-refractivity contribution in [2.24, 2.45) is 11.8 Å². The Morgan fingerprint density at radius 3 is 2.80 bits per heavy atom. The van der Waals surface area contributed by atoms with Crippen LogP contribution in [-0.4, -0.2) is 24.2 Å². The van der Waals surface area contributed by atoms with E-state index >= 15 is 0 Å². The first kappa shape index (κ1) is 13.5. The highest BCUT2D eigenvalue weighted by atomic mass is 16.5. The highest BCUT2D eigenvalue weighted by molar-refractivity contribution is 5.78. The summed E-state index contributed by atoms with van der Waals surface area (Å²) in [5.41, 5.74) is 4.99. The quantitative estimate of drug-likeness (QED) is 0.623. The number of hydrogen-bond acceptors (Lipinski definition) is 4. The highest BCUT2D eigenvalue weighted by Gasteiger charge is 2.36. The Bertz CT molecular complexity index is 583. The summed E-state index contributed by atoms with van der Waals surface area (Å²) in [6.45, 7) is 0. The van der Waals surface area contributed by atoms with Gasteiger partial charge in [0.2, 0.25) is 0 Å². The lowest BCUT2D eigenvalue weighted by molar-refractivity contribution is 0.0508. The first-order chi connectivity index (χ1) is 9.81. The van der Waals surface area contributed by atoms with Crippen LogP contribution < -0.4 is 11.3 Å². The van der Waals surface area contributed by atoms with Gasteiger partial charge in [0.15, 0.2) is 0 Å². The van der Waals surface area contributed by atoms with Crippen molar-refractivity contribution in [1.82, 2.24) is 10.4 Å². The molecule has 1 aliphatic rings. The SMILES string of the molecule is COC(C1CC1)C(Cc1ccc2ccccc2n1)NN. The van der Waals surface area contributed by atoms with Crippen molar-refractivity contribution in [3.63, 3.8) is 0 Å². The van der Waals surface area contributed by atoms with Crippen LogP contribution in [-0.2, 0) is 11.2 Å². The van der Waals surface area contributed by atoms with Gasteiger partial charge >= 0.3 is 0 Å². The molecule has 2 aromatic rings. The van der Waals surface area contributed by atoms with Crippen molar-refractivity contribution >= 4 is 10.9 Å². The number of nitrogens with zero attached hydrogens (tertiary/aromatic N) is 1. The van der Waals surface area contributed by atoms with E-state index in [1.165, 1.54) is 18.2 Å². The zero-order chi connectivity index (χ0) is 13.9. The third kappa shape index (κ3) is 2.82. The number of para-hydroxylation sites is 1. The van der Waals surface area contributed by atoms with Crippen LogP contribution in [0.3, 0.4) is 0 Å². The molecule has 1 heterocycles. The van der Waals surface area contributed by atoms with E-state index in [-0.39, 0.29) is 12.1 Å². The molecule has 3 N–H and O–H groups in total. The largest absolute Gasteiger partial charge is 0.379 e. The van der Waals surface area contributed by atoms with E-state index in [9.17, 15) is 0 Å². The molecule has 4 heteroatoms. The molecule has 20 heavy (non-hydrogen) atoms. The normalized spacial score (nSPS) is 18.1. The fourth-order valence-corrected chi connectivity index (χ4v) is 2.83. The van der Waals surface area contributed by atoms with Gasteiger partial charge in [-0.3, -0.25) is 16.3 Å². The van der Waals surface area contributed by atoms with Gasteiger partial charge in [-0.25, -0.2) is 0 Å². The average molecular weight is 271 g/mol. The van der Waals surface area contributed by atoms with E-state index in [0.29, 0.717) is 5.92 Å². The second-order valence-electron chi connectivity index (χ2n) is 5.51. The number of fused-ring (bicyclic) bond motifs is 1. The first-order valence-electron chi connectivity index (χ1n) is 7.15. The molecular weight excluding hydrogens is 250 g/mol. The Balaban J connectivity index is 1.79. The second-order valence-corrected chi connectivity index (χ2v) is 5.51. The molecule has 1 fully saturated rings. The summed E-state index contributed by atoms with van der Waals surface area (Å²) in [6, 6.07) is 12.5. The van der Waals surface area contributed by atoms with Gasteiger partial charge in [0, 0.05) is 24.6 Å². The standard InChI is InChI=1S/C16H21N3O/c1-20-16(12-6-7-12)15(19-17)10-13-9-8-11-4-2-3-5-14(11)18-13/h2-5,8-9,12,15-16,19H,6-7,10,17H2,1H3. The molecule has 2 atom stereocenters. The number of hydrazine groups is 1. The number of hydrogen-bond donors (Lipinski definition) is 2. The maximum absolute atomic E-state index is 5.72. The summed E-state index contributed by atoms with van der Waals surface area (Å²) in [4.78, 5) is 4.71. The number of methoxy groups -OCH3 is 1. The summed E-state index contributed by atoms with van der Waals surface area (Å²) in [7, 11) is 1.77. The summed E-state index contributed by atoms with van der Waals surface area (Å²) in [5.74, 6) is 6.36. The number of benzene rings is 1. The van der Waals surface area contributed by atoms with Crippen molar-refractivity contribution in [2.45, 2.75) is 31.4 Å². The predicted molar refractivity (Wildman–Crippen MR) is 80.1 cm³/mol. The molecule has 4 nitrogen and oxygen atoms in total. The maximum Gasteiger partial charge on any atom is 0.0769 e. The summed E-state index contributed by atoms with van der Waals surface area (Å²) < 4.78 is 5.62. The van der Waals surface area contributed by atoms with Gasteiger partial charge in [0.1, 0.15) is 0 Å². The van der Waals surface area contributed by atoms with E-state index in [4.69, 9.17) is 15.6 Å². The van der Waals surface area contributed by atoms with Crippen molar-refractivity contribution in [3.05, 3.63) is 42.1 Å². The van der Waals surface area contributed by atoms with Gasteiger partial charge in [-0.05, 0) is 30.9 Å². The molecule has 0 amide bonds. The van der Waals surface area contributed by atoms with Crippen molar-refractivity contribution in [1.29, 1.82) is 0 Å². The highest BCUT2D eigenvalue weighted by Crippen LogP contribution is 2.36. The molecule has 1 saturated carbocycles. The summed E-state index contributed by atoms with van der Waals surface area (Å²) in [5, 5.41) is 1.17. The Kier molecular flexibility index (Phi) is 3.96. The fraction of sp³-hybridized carbons (Fsp3) is 0.438. The molecule has 2 unspecified atom stereocenters. The topological polar surface area (TPSA) is 60.2 Å². The smallest absolute Gasteiger partial charge is 0.0769 e. The van der Waals surface area contributed by atoms with E-state index < -0.39 is 0 Å². The Morgan fingerprint density at radius 2 is 2.10 bits per heavy atom. The number of aromatic nitrogens is 1. The number of pyridine rings is 1. The van der Waals surface area contributed by atoms with Crippen LogP contribution >= 0.6 is 0 Å². The van der Waals surface area contributed by atoms with Gasteiger partial charge in [-0.2, -0.15) is 0 Å². The molecule has 0 saturated heterocycles. The minimum absolute atomic E-state index is 0.112. The van der Waals surface area contributed by atoms with Gasteiger partial charge in [0.05, 0.1) is 17.7 Å². The Labute approximate surface area is 119 Å². The number of nitrogens with one attached hydrogen (secondary N) is 1. The molecule has 0 aliphatic heterocycles. The summed E-state index contributed by atoms with van der Waals surface area (Å²) >= 11 is 0. The van der Waals surface area contributed by atoms with Crippen LogP contribution in [0.4, 0.5) is 0 Å². The van der Waals surface area contributed by atoms with Gasteiger partial charge in [-0.1, -0.05) is 24.3 Å². The number of rotatable bonds is 6. The van der Waals surface area contributed by atoms with Gasteiger partial charge in [0.25, 0.3) is 0 Å². The number of ether oxygens (including phenoxy) is 1. The van der Waals surface area contributed by atoms with E-state index in [2.05, 4.69) is 23.6 Å². The lowest BCUT2D eigenvalue weighted by Crippen LogP contribution is -2.47. The number of nitrogens with two attached hydrogens (primary N) is 1. The molecule has 1 aromatic carbocycles. The van der Waals surface area contributed by atoms with Gasteiger partial charge in [-0.15, -0.1) is 0 Å². The zero-order valence-electron chi connectivity index (χ0n) is 11.8. The van der Waals surface area contributed by atoms with Crippen LogP contribution in [0.25, 0.3) is 10.9 Å². The van der Waals surface area contributed by atoms with Crippen LogP contribution in [0.15, 0.2) is 36.4 Å². The molecule has 0 radical (unpaired) electrons. The molecule has 106 valence electrons. The minimum Gasteiger partial charge on any atom is -0.379 e. The third-order valence-corrected chi connectivity index (χ3v) is 4.05. The zero-order valence-corrected chi connectivity index (χ0v) is 11.8. The first-order valence-corrected chi connectivity index (χ1v) is 7.15. The third-order valence-electron chi connectivity index (χ3n) is 4.05. The van der Waals surface area contributed by atoms with Crippen LogP contribution in [0.2, 0.25) is 0 Å². The minimum atomic E-state index is 0.112. The summed E-state index contributed by atoms with van der Waals surface area (Å²) in [6.07, 6.45) is 3.44. The molecule has 1 aliphatic carbocycles. The molecule has 0 bridgehead atoms. The second kappa shape index (κ2) is 5.87. The van der Waals surface area contributed by atoms with Crippen molar-refractivity contribution in [2.75, 3.05) is 7.11 Å². The maximum atomic E-state index is 5.72. The van der Waals surface area contributed by atoms with Crippen LogP contribution in [0, 0.1) is 5.92 Å². The lowest BCUT2D eigenvalue weighted by atomic mass is 10.0. The van der Waals surface area contributed by atoms with Crippen LogP contribution in [0.1, 0.15) is 18.5 Å². The average Bonchev–Trinajstić information content (AvgIpc) is 3.31. The van der Waals surface area contributed by atoms with Crippen molar-refractivity contribution in [3.8, 4) is 0 Å². The lowest BCUT2D eigenvalue weighted by Gasteiger charge is -2.25. The molecule has 1 aromatic heterocycles. The van der Waals surface area contributed by atoms with E-state index in [0.717, 1.165) is 17.6 Å². The van der Waals surface area contributed by atoms with Crippen LogP contribution in [0.5, 0.6) is 0 Å². The molecule has 3 rings (SSSR count). The fourth-order valence-electron chi connectivity index (χ4n) is 2.83. The Hall–Kier alpha value is -1.49. The van der Waals surface area contributed by atoms with E-state index in [1.54, 1.807) is 7.11 Å². The van der Waals surface area contributed by atoms with Gasteiger partial charge < -0.3 is 4.74 Å². The molecule has 0 spiro atoms. The monoisotopic (exact) mass is 271 g/mol.